The van der Waals surface area contributed by atoms with Crippen LogP contribution >= 0.6 is 0 Å². The topological polar surface area (TPSA) is 78.3 Å². The first kappa shape index (κ1) is 19.9. The van der Waals surface area contributed by atoms with E-state index in [1.807, 2.05) is 22.9 Å². The molecule has 29 heavy (non-hydrogen) atoms. The van der Waals surface area contributed by atoms with Crippen molar-refractivity contribution in [3.63, 3.8) is 0 Å². The van der Waals surface area contributed by atoms with Gasteiger partial charge >= 0.3 is 0 Å². The molecule has 3 heterocycles. The number of carbonyl (C=O) groups is 1. The average molecular weight is 399 g/mol. The smallest absolute Gasteiger partial charge is 0.226 e. The summed E-state index contributed by atoms with van der Waals surface area (Å²) in [4.78, 5) is 17.3. The van der Waals surface area contributed by atoms with E-state index in [2.05, 4.69) is 29.2 Å². The third-order valence-electron chi connectivity index (χ3n) is 5.57. The van der Waals surface area contributed by atoms with Gasteiger partial charge in [-0.2, -0.15) is 5.10 Å². The van der Waals surface area contributed by atoms with Crippen molar-refractivity contribution in [2.45, 2.75) is 58.2 Å². The van der Waals surface area contributed by atoms with Crippen LogP contribution in [-0.2, 0) is 16.1 Å². The quantitative estimate of drug-likeness (QED) is 0.737. The van der Waals surface area contributed by atoms with E-state index in [9.17, 15) is 4.79 Å². The van der Waals surface area contributed by atoms with Crippen LogP contribution in [0, 0.1) is 11.8 Å². The summed E-state index contributed by atoms with van der Waals surface area (Å²) in [5, 5.41) is 7.46. The van der Waals surface area contributed by atoms with Crippen molar-refractivity contribution >= 4 is 5.91 Å². The molecule has 0 spiro atoms. The molecule has 7 heteroatoms. The highest BCUT2D eigenvalue weighted by Crippen LogP contribution is 2.34. The van der Waals surface area contributed by atoms with Gasteiger partial charge in [0.2, 0.25) is 11.8 Å². The van der Waals surface area contributed by atoms with Crippen molar-refractivity contribution in [1.29, 1.82) is 0 Å². The molecule has 156 valence electrons. The van der Waals surface area contributed by atoms with Crippen LogP contribution in [-0.4, -0.2) is 33.9 Å². The first-order valence-electron chi connectivity index (χ1n) is 10.6. The van der Waals surface area contributed by atoms with E-state index < -0.39 is 0 Å². The van der Waals surface area contributed by atoms with Gasteiger partial charge in [-0.3, -0.25) is 9.48 Å². The fourth-order valence-corrected chi connectivity index (χ4v) is 3.73. The average Bonchev–Trinajstić information content (AvgIpc) is 3.44. The van der Waals surface area contributed by atoms with Gasteiger partial charge in [0.05, 0.1) is 18.2 Å². The van der Waals surface area contributed by atoms with E-state index in [0.29, 0.717) is 24.9 Å². The maximum atomic E-state index is 12.9. The van der Waals surface area contributed by atoms with E-state index in [0.717, 1.165) is 30.7 Å². The predicted octanol–water partition coefficient (Wildman–Crippen LogP) is 3.43. The number of aromatic nitrogens is 3. The SMILES string of the molecule is CC(C)n1nccc1[C@@H]1OCCC[C@H]1C(=O)NCc1ccc(OCC2CC2)nc1. The zero-order valence-corrected chi connectivity index (χ0v) is 17.2. The Kier molecular flexibility index (Phi) is 6.13. The maximum absolute atomic E-state index is 12.9. The minimum Gasteiger partial charge on any atom is -0.477 e. The number of nitrogens with zero attached hydrogens (tertiary/aromatic N) is 3. The number of nitrogens with one attached hydrogen (secondary N) is 1. The summed E-state index contributed by atoms with van der Waals surface area (Å²) in [6, 6.07) is 6.01. The second kappa shape index (κ2) is 8.95. The number of hydrogen-bond donors (Lipinski definition) is 1. The first-order chi connectivity index (χ1) is 14.1. The Labute approximate surface area is 171 Å². The molecule has 2 aromatic heterocycles. The zero-order valence-electron chi connectivity index (χ0n) is 17.2. The normalized spacial score (nSPS) is 21.9. The molecule has 1 amide bonds. The fourth-order valence-electron chi connectivity index (χ4n) is 3.73. The summed E-state index contributed by atoms with van der Waals surface area (Å²) in [5.74, 6) is 1.15. The molecule has 2 aliphatic rings. The van der Waals surface area contributed by atoms with Gasteiger partial charge in [0.1, 0.15) is 6.10 Å². The summed E-state index contributed by atoms with van der Waals surface area (Å²) < 4.78 is 13.6. The minimum absolute atomic E-state index is 0.0141. The van der Waals surface area contributed by atoms with E-state index in [-0.39, 0.29) is 24.0 Å². The van der Waals surface area contributed by atoms with Crippen molar-refractivity contribution in [3.8, 4) is 5.88 Å². The van der Waals surface area contributed by atoms with Gasteiger partial charge in [-0.25, -0.2) is 4.98 Å². The number of hydrogen-bond acceptors (Lipinski definition) is 5. The van der Waals surface area contributed by atoms with Gasteiger partial charge in [-0.05, 0) is 57.1 Å². The van der Waals surface area contributed by atoms with Crippen molar-refractivity contribution in [3.05, 3.63) is 41.9 Å². The molecule has 1 N–H and O–H groups in total. The Morgan fingerprint density at radius 1 is 1.31 bits per heavy atom. The molecule has 4 rings (SSSR count). The maximum Gasteiger partial charge on any atom is 0.226 e. The highest BCUT2D eigenvalue weighted by atomic mass is 16.5. The van der Waals surface area contributed by atoms with Crippen LogP contribution in [0.3, 0.4) is 0 Å². The van der Waals surface area contributed by atoms with Gasteiger partial charge in [0.25, 0.3) is 0 Å². The molecular formula is C22H30N4O3. The molecule has 2 atom stereocenters. The zero-order chi connectivity index (χ0) is 20.2. The van der Waals surface area contributed by atoms with E-state index >= 15 is 0 Å². The molecule has 2 fully saturated rings. The molecule has 1 aliphatic heterocycles. The van der Waals surface area contributed by atoms with Crippen molar-refractivity contribution < 1.29 is 14.3 Å². The molecule has 2 aromatic rings. The van der Waals surface area contributed by atoms with Gasteiger partial charge in [0, 0.05) is 37.7 Å². The largest absolute Gasteiger partial charge is 0.477 e. The second-order valence-corrected chi connectivity index (χ2v) is 8.31. The van der Waals surface area contributed by atoms with Crippen LogP contribution < -0.4 is 10.1 Å². The number of rotatable bonds is 8. The lowest BCUT2D eigenvalue weighted by molar-refractivity contribution is -0.135. The Morgan fingerprint density at radius 2 is 2.17 bits per heavy atom. The second-order valence-electron chi connectivity index (χ2n) is 8.31. The third-order valence-corrected chi connectivity index (χ3v) is 5.57. The summed E-state index contributed by atoms with van der Waals surface area (Å²) in [6.07, 6.45) is 7.50. The summed E-state index contributed by atoms with van der Waals surface area (Å²) in [5.41, 5.74) is 1.93. The molecule has 1 saturated carbocycles. The highest BCUT2D eigenvalue weighted by Gasteiger charge is 2.35. The van der Waals surface area contributed by atoms with Gasteiger partial charge in [0.15, 0.2) is 0 Å². The Hall–Kier alpha value is -2.41. The van der Waals surface area contributed by atoms with Crippen LogP contribution in [0.4, 0.5) is 0 Å². The molecule has 0 bridgehead atoms. The van der Waals surface area contributed by atoms with Crippen LogP contribution in [0.2, 0.25) is 0 Å². The van der Waals surface area contributed by atoms with Gasteiger partial charge in [-0.1, -0.05) is 6.07 Å². The lowest BCUT2D eigenvalue weighted by Crippen LogP contribution is -2.38. The lowest BCUT2D eigenvalue weighted by atomic mass is 9.91. The van der Waals surface area contributed by atoms with Crippen LogP contribution in [0.1, 0.15) is 62.9 Å². The van der Waals surface area contributed by atoms with E-state index in [1.54, 1.807) is 12.4 Å². The number of amides is 1. The molecule has 0 unspecified atom stereocenters. The van der Waals surface area contributed by atoms with Crippen molar-refractivity contribution in [2.75, 3.05) is 13.2 Å². The number of carbonyl (C=O) groups excluding carboxylic acids is 1. The molecule has 0 radical (unpaired) electrons. The predicted molar refractivity (Wildman–Crippen MR) is 108 cm³/mol. The highest BCUT2D eigenvalue weighted by molar-refractivity contribution is 5.79. The monoisotopic (exact) mass is 398 g/mol. The molecule has 7 nitrogen and oxygen atoms in total. The Bertz CT molecular complexity index is 814. The summed E-state index contributed by atoms with van der Waals surface area (Å²) >= 11 is 0. The van der Waals surface area contributed by atoms with Crippen molar-refractivity contribution in [1.82, 2.24) is 20.1 Å². The molecule has 0 aromatic carbocycles. The van der Waals surface area contributed by atoms with E-state index in [4.69, 9.17) is 9.47 Å². The Balaban J connectivity index is 1.35. The standard InChI is InChI=1S/C22H30N4O3/c1-15(2)26-19(9-10-25-26)21-18(4-3-11-28-21)22(27)24-13-17-7-8-20(23-12-17)29-14-16-5-6-16/h7-10,12,15-16,18,21H,3-6,11,13-14H2,1-2H3,(H,24,27)/t18-,21-/m1/s1. The third kappa shape index (κ3) is 4.96. The lowest BCUT2D eigenvalue weighted by Gasteiger charge is -2.31. The van der Waals surface area contributed by atoms with Crippen molar-refractivity contribution in [2.24, 2.45) is 11.8 Å². The Morgan fingerprint density at radius 3 is 2.90 bits per heavy atom. The molecule has 1 saturated heterocycles. The van der Waals surface area contributed by atoms with Crippen LogP contribution in [0.25, 0.3) is 0 Å². The molecular weight excluding hydrogens is 368 g/mol. The fraction of sp³-hybridized carbons (Fsp3) is 0.591. The minimum atomic E-state index is -0.259. The number of ether oxygens (including phenoxy) is 2. The summed E-state index contributed by atoms with van der Waals surface area (Å²) in [6.45, 7) is 6.03. The van der Waals surface area contributed by atoms with Gasteiger partial charge in [-0.15, -0.1) is 0 Å². The number of pyridine rings is 1. The molecule has 1 aliphatic carbocycles. The first-order valence-corrected chi connectivity index (χ1v) is 10.6. The van der Waals surface area contributed by atoms with Gasteiger partial charge < -0.3 is 14.8 Å². The van der Waals surface area contributed by atoms with Crippen LogP contribution in [0.5, 0.6) is 5.88 Å². The summed E-state index contributed by atoms with van der Waals surface area (Å²) in [7, 11) is 0. The van der Waals surface area contributed by atoms with E-state index in [1.165, 1.54) is 12.8 Å². The van der Waals surface area contributed by atoms with Crippen LogP contribution in [0.15, 0.2) is 30.6 Å².